The zero-order chi connectivity index (χ0) is 91.5. The number of benzene rings is 1. The van der Waals surface area contributed by atoms with Gasteiger partial charge >= 0.3 is 41.6 Å². The molecule has 0 N–H and O–H groups in total. The number of nitrogens with zero attached hydrogens (tertiary/aromatic N) is 14. The first-order valence-electron chi connectivity index (χ1n) is 45.4. The number of thioether (sulfide) groups is 1. The summed E-state index contributed by atoms with van der Waals surface area (Å²) in [4.78, 5) is 47.8. The van der Waals surface area contributed by atoms with Gasteiger partial charge < -0.3 is 98.4 Å². The molecule has 0 bridgehead atoms. The normalized spacial score (nSPS) is 16.8. The van der Waals surface area contributed by atoms with Crippen LogP contribution in [0, 0.1) is 25.7 Å². The molecule has 0 radical (unpaired) electrons. The zero-order valence-corrected chi connectivity index (χ0v) is 81.3. The predicted octanol–water partition coefficient (Wildman–Crippen LogP) is 18.4. The molecule has 0 amide bonds. The smallest absolute Gasteiger partial charge is 0.308 e. The molecule has 14 heterocycles. The van der Waals surface area contributed by atoms with Gasteiger partial charge in [0.15, 0.2) is 0 Å². The van der Waals surface area contributed by atoms with Crippen LogP contribution in [0.5, 0.6) is 41.6 Å². The summed E-state index contributed by atoms with van der Waals surface area (Å²) < 4.78 is 77.8. The molecule has 0 spiro atoms. The topological polar surface area (TPSA) is 270 Å². The first-order valence-corrected chi connectivity index (χ1v) is 46.8. The van der Waals surface area contributed by atoms with Crippen molar-refractivity contribution in [2.75, 3.05) is 201 Å². The van der Waals surface area contributed by atoms with E-state index in [9.17, 15) is 0 Å². The molecule has 15 rings (SSSR count). The van der Waals surface area contributed by atoms with E-state index in [1.807, 2.05) is 39.0 Å². The Morgan fingerprint density at radius 3 is 0.976 bits per heavy atom. The lowest BCUT2D eigenvalue weighted by Gasteiger charge is -2.20. The molecule has 0 fully saturated rings. The van der Waals surface area contributed by atoms with Gasteiger partial charge in [-0.05, 0) is 170 Å². The highest BCUT2D eigenvalue weighted by Gasteiger charge is 2.28. The van der Waals surface area contributed by atoms with Crippen LogP contribution in [-0.2, 0) is 25.7 Å². The fourth-order valence-electron chi connectivity index (χ4n) is 14.9. The van der Waals surface area contributed by atoms with Gasteiger partial charge in [0, 0.05) is 149 Å². The van der Waals surface area contributed by atoms with Gasteiger partial charge in [0.05, 0.1) is 48.3 Å². The molecule has 7 aliphatic rings. The Morgan fingerprint density at radius 1 is 0.354 bits per heavy atom. The molecule has 127 heavy (non-hydrogen) atoms. The summed E-state index contributed by atoms with van der Waals surface area (Å²) in [6.07, 6.45) is 30.2. The highest BCUT2D eigenvalue weighted by atomic mass is 32.2. The van der Waals surface area contributed by atoms with Crippen molar-refractivity contribution in [1.29, 1.82) is 0 Å². The lowest BCUT2D eigenvalue weighted by atomic mass is 10.1. The van der Waals surface area contributed by atoms with Crippen molar-refractivity contribution in [3.8, 4) is 41.6 Å². The van der Waals surface area contributed by atoms with Crippen molar-refractivity contribution >= 4 is 50.8 Å². The number of aryl methyl sites for hydroxylation is 3. The van der Waals surface area contributed by atoms with Crippen LogP contribution in [0.2, 0.25) is 0 Å². The third kappa shape index (κ3) is 31.7. The summed E-state index contributed by atoms with van der Waals surface area (Å²) in [5.74, 6) is 11.3. The molecular formula is C98H146N14O14S. The number of oxazole rings is 7. The van der Waals surface area contributed by atoms with Crippen LogP contribution in [0.3, 0.4) is 0 Å². The van der Waals surface area contributed by atoms with E-state index in [4.69, 9.17) is 64.1 Å². The Bertz CT molecular complexity index is 4860. The van der Waals surface area contributed by atoms with Crippen molar-refractivity contribution in [2.45, 2.75) is 166 Å². The van der Waals surface area contributed by atoms with Crippen molar-refractivity contribution in [1.82, 2.24) is 69.2 Å². The maximum Gasteiger partial charge on any atom is 0.308 e. The van der Waals surface area contributed by atoms with Crippen LogP contribution in [0.1, 0.15) is 213 Å². The summed E-state index contributed by atoms with van der Waals surface area (Å²) in [6.45, 7) is 38.7. The Balaban J connectivity index is 0.000000168. The second kappa shape index (κ2) is 52.3. The van der Waals surface area contributed by atoms with Crippen LogP contribution < -0.4 is 33.2 Å². The van der Waals surface area contributed by atoms with Crippen molar-refractivity contribution in [3.05, 3.63) is 160 Å². The van der Waals surface area contributed by atoms with Crippen LogP contribution in [0.25, 0.3) is 39.0 Å². The van der Waals surface area contributed by atoms with E-state index < -0.39 is 0 Å². The van der Waals surface area contributed by atoms with E-state index >= 15 is 0 Å². The highest BCUT2D eigenvalue weighted by Crippen LogP contribution is 2.36. The van der Waals surface area contributed by atoms with Gasteiger partial charge in [-0.3, -0.25) is 0 Å². The molecule has 29 heteroatoms. The fraction of sp³-hybridized carbons (Fsp3) is 0.582. The molecule has 1 aromatic carbocycles. The van der Waals surface area contributed by atoms with Gasteiger partial charge in [-0.25, -0.2) is 34.9 Å². The van der Waals surface area contributed by atoms with Gasteiger partial charge in [0.25, 0.3) is 0 Å². The summed E-state index contributed by atoms with van der Waals surface area (Å²) in [5, 5.41) is 0. The van der Waals surface area contributed by atoms with E-state index in [2.05, 4.69) is 235 Å². The molecular weight excluding hydrogens is 1630 g/mol. The Kier molecular flexibility index (Phi) is 41.7. The number of hydrogen-bond acceptors (Lipinski definition) is 29. The number of aromatic nitrogens is 7. The number of ether oxygens (including phenoxy) is 7. The van der Waals surface area contributed by atoms with Gasteiger partial charge in [-0.2, -0.15) is 11.8 Å². The maximum absolute atomic E-state index is 5.88. The van der Waals surface area contributed by atoms with Crippen LogP contribution in [-0.4, -0.2) is 270 Å². The molecule has 7 aliphatic heterocycles. The maximum atomic E-state index is 5.88. The van der Waals surface area contributed by atoms with E-state index in [1.54, 1.807) is 40.2 Å². The zero-order valence-electron chi connectivity index (χ0n) is 80.5. The molecule has 7 aromatic heterocycles. The molecule has 0 saturated heterocycles. The van der Waals surface area contributed by atoms with Gasteiger partial charge in [0.1, 0.15) is 39.9 Å². The number of rotatable bonds is 29. The summed E-state index contributed by atoms with van der Waals surface area (Å²) in [6, 6.07) is 10.2. The average Bonchev–Trinajstić information content (AvgIpc) is 1.70. The quantitative estimate of drug-likeness (QED) is 0.0421. The highest BCUT2D eigenvalue weighted by molar-refractivity contribution is 7.98. The largest absolute Gasteiger partial charge is 0.467 e. The number of methoxy groups -OCH3 is 4. The summed E-state index contributed by atoms with van der Waals surface area (Å²) >= 11 is 1.80. The SMILES string of the molecule is CCCOc1oc(C2=CCCN(C)C2)nc1C.CCCOc1oc(C2=CCCN(C)C2)nc1CC(C)C.CCOc1oc(C2=CCCN(C)C2)nc1CC(C)C.COc1oc(C2=CCCN(C)C2)nc1C.COc1oc(C2=CCCN(C)C2)nc1C(C)C.COc1oc(C2=CCCN(C)C2)nc1CCSC.COc1oc(C2=CCCN(C)C2)nc1Cc1ccccc1. The number of likely N-dealkylation sites (N-methyl/N-ethyl adjacent to an activating group) is 7. The van der Waals surface area contributed by atoms with E-state index in [0.717, 1.165) is 266 Å². The Labute approximate surface area is 759 Å². The first-order chi connectivity index (χ1) is 61.2. The second-order valence-corrected chi connectivity index (χ2v) is 35.5. The number of hydrogen-bond donors (Lipinski definition) is 0. The summed E-state index contributed by atoms with van der Waals surface area (Å²) in [5.41, 5.74) is 15.5. The third-order valence-corrected chi connectivity index (χ3v) is 22.1. The van der Waals surface area contributed by atoms with Crippen LogP contribution >= 0.6 is 11.8 Å². The first kappa shape index (κ1) is 101. The second-order valence-electron chi connectivity index (χ2n) is 34.5. The predicted molar refractivity (Wildman–Crippen MR) is 507 cm³/mol. The summed E-state index contributed by atoms with van der Waals surface area (Å²) in [7, 11) is 21.3. The minimum Gasteiger partial charge on any atom is -0.467 e. The fourth-order valence-corrected chi connectivity index (χ4v) is 15.3. The van der Waals surface area contributed by atoms with Crippen molar-refractivity contribution in [3.63, 3.8) is 0 Å². The van der Waals surface area contributed by atoms with Crippen molar-refractivity contribution in [2.24, 2.45) is 11.8 Å². The van der Waals surface area contributed by atoms with E-state index in [0.29, 0.717) is 103 Å². The molecule has 0 atom stereocenters. The van der Waals surface area contributed by atoms with E-state index in [-0.39, 0.29) is 0 Å². The Hall–Kier alpha value is -9.46. The third-order valence-electron chi connectivity index (χ3n) is 21.5. The monoisotopic (exact) mass is 1780 g/mol. The van der Waals surface area contributed by atoms with Gasteiger partial charge in [0.2, 0.25) is 41.2 Å². The van der Waals surface area contributed by atoms with E-state index in [1.165, 1.54) is 16.7 Å². The molecule has 0 aliphatic carbocycles. The lowest BCUT2D eigenvalue weighted by Crippen LogP contribution is -2.25. The molecule has 0 unspecified atom stereocenters. The minimum absolute atomic E-state index is 0.310. The molecule has 8 aromatic rings. The lowest BCUT2D eigenvalue weighted by molar-refractivity contribution is 0.236. The molecule has 698 valence electrons. The minimum atomic E-state index is 0.310. The van der Waals surface area contributed by atoms with Crippen LogP contribution in [0.15, 0.2) is 104 Å². The van der Waals surface area contributed by atoms with Crippen LogP contribution in [0.4, 0.5) is 0 Å². The molecule has 0 saturated carbocycles. The van der Waals surface area contributed by atoms with Crippen molar-refractivity contribution < 1.29 is 64.1 Å². The van der Waals surface area contributed by atoms with Gasteiger partial charge in [-0.1, -0.05) is 128 Å². The van der Waals surface area contributed by atoms with Gasteiger partial charge in [-0.15, -0.1) is 0 Å². The molecule has 28 nitrogen and oxygen atoms in total. The average molecular weight is 1780 g/mol. The Morgan fingerprint density at radius 2 is 0.654 bits per heavy atom. The standard InChI is InChI=1S/C17H20N2O2.C16H26N2O2.C15H24N2O2.C13H20N2O2S.2C13H20N2O2.C11H16N2O2/c1-19-10-6-9-14(12-19)16-18-15(17(20-2)21-16)11-13-7-4-3-5-8-13;1-5-9-19-16-14(10-12(2)3)17-15(20-16)13-7-6-8-18(4)11-13;1-5-18-15-13(9-11(2)3)16-14(19-15)12-7-6-8-17(4)10-12;1-15-7-4-5-10(9-15)12-14-11(6-8-18-3)13(16-2)17-12;1-9(2)11-13(16-4)17-12(14-11)10-6-5-7-15(3)8-10;1-4-8-16-13-10(2)14-12(17-13)11-6-5-7-15(3)9-11;1-8-11(14-3)15-10(12-8)9-5-4-6-13(2)7-9/h3-5,7-9H,6,10-12H2,1-2H3;7,12H,5-6,8-11H2,1-4H3;7,11H,5-6,8-10H2,1-4H3;5H,4,6-9H2,1-3H3;6,9H,5,7-8H2,1-4H3;6H,4-5,7-9H2,1-3H3;5H,4,6-7H2,1-3H3.